The molecule has 0 heterocycles. The van der Waals surface area contributed by atoms with Gasteiger partial charge in [-0.05, 0) is 39.5 Å². The van der Waals surface area contributed by atoms with Crippen molar-refractivity contribution >= 4 is 5.91 Å². The molecule has 4 aromatic rings. The van der Waals surface area contributed by atoms with Crippen LogP contribution in [0.2, 0.25) is 0 Å². The number of hydrogen-bond acceptors (Lipinski definition) is 1. The maximum Gasteiger partial charge on any atom is 0.244 e. The van der Waals surface area contributed by atoms with E-state index >= 15 is 0 Å². The Kier molecular flexibility index (Phi) is 7.26. The van der Waals surface area contributed by atoms with Crippen molar-refractivity contribution in [3.63, 3.8) is 0 Å². The summed E-state index contributed by atoms with van der Waals surface area (Å²) in [7, 11) is 0. The second-order valence-corrected chi connectivity index (χ2v) is 10.4. The molecule has 1 amide bonds. The highest BCUT2D eigenvalue weighted by atomic mass is 16.1. The standard InChI is InChI=1S/C34H35NO/c1-6-31(36)35-32(25-17-21-29(22-18-25)33(2,3)27-13-9-7-10-14-27)26-19-23-30(24-20-26)34(4,5)28-15-11-8-12-16-28/h6-24,32H,1H2,2-5H3,(H,35,36). The van der Waals surface area contributed by atoms with Gasteiger partial charge in [0.05, 0.1) is 6.04 Å². The van der Waals surface area contributed by atoms with Crippen molar-refractivity contribution in [1.82, 2.24) is 5.32 Å². The van der Waals surface area contributed by atoms with Crippen LogP contribution >= 0.6 is 0 Å². The molecule has 4 rings (SSSR count). The molecule has 0 aliphatic heterocycles. The SMILES string of the molecule is C=CC(=O)NC(c1ccc(C(C)(C)c2ccccc2)cc1)c1ccc(C(C)(C)c2ccccc2)cc1. The largest absolute Gasteiger partial charge is 0.342 e. The van der Waals surface area contributed by atoms with Crippen molar-refractivity contribution in [3.05, 3.63) is 155 Å². The molecule has 1 N–H and O–H groups in total. The average molecular weight is 474 g/mol. The topological polar surface area (TPSA) is 29.1 Å². The minimum Gasteiger partial charge on any atom is -0.342 e. The molecular formula is C34H35NO. The summed E-state index contributed by atoms with van der Waals surface area (Å²) in [5.41, 5.74) is 6.82. The third kappa shape index (κ3) is 5.18. The van der Waals surface area contributed by atoms with Crippen LogP contribution in [0.4, 0.5) is 0 Å². The van der Waals surface area contributed by atoms with Crippen LogP contribution in [0.3, 0.4) is 0 Å². The van der Waals surface area contributed by atoms with E-state index < -0.39 is 0 Å². The van der Waals surface area contributed by atoms with Gasteiger partial charge in [-0.2, -0.15) is 0 Å². The summed E-state index contributed by atoms with van der Waals surface area (Å²) in [6.07, 6.45) is 1.33. The van der Waals surface area contributed by atoms with Gasteiger partial charge in [-0.3, -0.25) is 4.79 Å². The van der Waals surface area contributed by atoms with E-state index in [9.17, 15) is 4.79 Å². The molecule has 2 heteroatoms. The Morgan fingerprint density at radius 2 is 0.944 bits per heavy atom. The highest BCUT2D eigenvalue weighted by molar-refractivity contribution is 5.87. The molecule has 4 aromatic carbocycles. The van der Waals surface area contributed by atoms with Crippen molar-refractivity contribution in [2.45, 2.75) is 44.6 Å². The minimum atomic E-state index is -0.265. The van der Waals surface area contributed by atoms with Gasteiger partial charge >= 0.3 is 0 Å². The maximum absolute atomic E-state index is 12.4. The number of rotatable bonds is 8. The molecule has 0 unspecified atom stereocenters. The van der Waals surface area contributed by atoms with E-state index in [1.54, 1.807) is 0 Å². The first-order valence-electron chi connectivity index (χ1n) is 12.5. The van der Waals surface area contributed by atoms with E-state index in [4.69, 9.17) is 0 Å². The normalized spacial score (nSPS) is 11.8. The summed E-state index contributed by atoms with van der Waals surface area (Å²) in [6, 6.07) is 38.0. The summed E-state index contributed by atoms with van der Waals surface area (Å²) < 4.78 is 0. The molecule has 0 saturated carbocycles. The lowest BCUT2D eigenvalue weighted by Crippen LogP contribution is -2.28. The summed E-state index contributed by atoms with van der Waals surface area (Å²) in [6.45, 7) is 12.6. The average Bonchev–Trinajstić information content (AvgIpc) is 2.92. The van der Waals surface area contributed by atoms with E-state index in [0.29, 0.717) is 0 Å². The quantitative estimate of drug-likeness (QED) is 0.261. The monoisotopic (exact) mass is 473 g/mol. The van der Waals surface area contributed by atoms with E-state index in [0.717, 1.165) is 11.1 Å². The zero-order valence-corrected chi connectivity index (χ0v) is 21.7. The van der Waals surface area contributed by atoms with E-state index in [-0.39, 0.29) is 22.8 Å². The van der Waals surface area contributed by atoms with Crippen LogP contribution in [0.5, 0.6) is 0 Å². The fraction of sp³-hybridized carbons (Fsp3) is 0.206. The van der Waals surface area contributed by atoms with Crippen LogP contribution in [-0.2, 0) is 15.6 Å². The van der Waals surface area contributed by atoms with Crippen molar-refractivity contribution in [2.24, 2.45) is 0 Å². The first-order valence-corrected chi connectivity index (χ1v) is 12.5. The van der Waals surface area contributed by atoms with Crippen LogP contribution in [0.15, 0.2) is 122 Å². The van der Waals surface area contributed by atoms with Gasteiger partial charge in [-0.1, -0.05) is 143 Å². The number of benzene rings is 4. The number of carbonyl (C=O) groups is 1. The molecule has 0 aromatic heterocycles. The summed E-state index contributed by atoms with van der Waals surface area (Å²) in [5, 5.41) is 3.12. The molecule has 0 bridgehead atoms. The van der Waals surface area contributed by atoms with Crippen molar-refractivity contribution in [1.29, 1.82) is 0 Å². The minimum absolute atomic E-state index is 0.121. The number of amides is 1. The molecule has 0 aliphatic carbocycles. The Morgan fingerprint density at radius 3 is 1.28 bits per heavy atom. The fourth-order valence-corrected chi connectivity index (χ4v) is 4.79. The highest BCUT2D eigenvalue weighted by Gasteiger charge is 2.25. The maximum atomic E-state index is 12.4. The van der Waals surface area contributed by atoms with Crippen LogP contribution in [-0.4, -0.2) is 5.91 Å². The van der Waals surface area contributed by atoms with Gasteiger partial charge in [-0.25, -0.2) is 0 Å². The van der Waals surface area contributed by atoms with Gasteiger partial charge < -0.3 is 5.32 Å². The Balaban J connectivity index is 1.65. The van der Waals surface area contributed by atoms with Crippen LogP contribution in [0.25, 0.3) is 0 Å². The summed E-state index contributed by atoms with van der Waals surface area (Å²) in [5.74, 6) is -0.192. The van der Waals surface area contributed by atoms with E-state index in [1.165, 1.54) is 28.3 Å². The van der Waals surface area contributed by atoms with E-state index in [1.807, 2.05) is 12.1 Å². The highest BCUT2D eigenvalue weighted by Crippen LogP contribution is 2.34. The predicted molar refractivity (Wildman–Crippen MR) is 150 cm³/mol. The zero-order valence-electron chi connectivity index (χ0n) is 21.7. The third-order valence-electron chi connectivity index (χ3n) is 7.39. The van der Waals surface area contributed by atoms with Crippen LogP contribution < -0.4 is 5.32 Å². The zero-order chi connectivity index (χ0) is 25.8. The Labute approximate surface area is 215 Å². The molecule has 0 spiro atoms. The lowest BCUT2D eigenvalue weighted by atomic mass is 9.77. The Hall–Kier alpha value is -3.91. The predicted octanol–water partition coefficient (Wildman–Crippen LogP) is 7.73. The van der Waals surface area contributed by atoms with Crippen molar-refractivity contribution < 1.29 is 4.79 Å². The fourth-order valence-electron chi connectivity index (χ4n) is 4.79. The Bertz CT molecular complexity index is 1210. The lowest BCUT2D eigenvalue weighted by Gasteiger charge is -2.28. The second kappa shape index (κ2) is 10.4. The second-order valence-electron chi connectivity index (χ2n) is 10.4. The molecule has 0 atom stereocenters. The molecule has 0 radical (unpaired) electrons. The molecular weight excluding hydrogens is 438 g/mol. The van der Waals surface area contributed by atoms with Gasteiger partial charge in [0, 0.05) is 10.8 Å². The van der Waals surface area contributed by atoms with Gasteiger partial charge in [0.1, 0.15) is 0 Å². The summed E-state index contributed by atoms with van der Waals surface area (Å²) >= 11 is 0. The number of hydrogen-bond donors (Lipinski definition) is 1. The third-order valence-corrected chi connectivity index (χ3v) is 7.39. The molecule has 0 aliphatic rings. The molecule has 36 heavy (non-hydrogen) atoms. The van der Waals surface area contributed by atoms with Gasteiger partial charge in [0.15, 0.2) is 0 Å². The number of carbonyl (C=O) groups excluding carboxylic acids is 1. The lowest BCUT2D eigenvalue weighted by molar-refractivity contribution is -0.116. The molecule has 182 valence electrons. The van der Waals surface area contributed by atoms with Crippen molar-refractivity contribution in [2.75, 3.05) is 0 Å². The van der Waals surface area contributed by atoms with Crippen molar-refractivity contribution in [3.8, 4) is 0 Å². The Morgan fingerprint density at radius 1 is 0.611 bits per heavy atom. The first kappa shape index (κ1) is 25.2. The van der Waals surface area contributed by atoms with E-state index in [2.05, 4.69) is 137 Å². The smallest absolute Gasteiger partial charge is 0.244 e. The van der Waals surface area contributed by atoms with Gasteiger partial charge in [-0.15, -0.1) is 0 Å². The number of nitrogens with one attached hydrogen (secondary N) is 1. The molecule has 0 fully saturated rings. The van der Waals surface area contributed by atoms with Crippen LogP contribution in [0.1, 0.15) is 67.1 Å². The van der Waals surface area contributed by atoms with Crippen LogP contribution in [0, 0.1) is 0 Å². The summed E-state index contributed by atoms with van der Waals surface area (Å²) in [4.78, 5) is 12.4. The van der Waals surface area contributed by atoms with Gasteiger partial charge in [0.25, 0.3) is 0 Å². The molecule has 0 saturated heterocycles. The molecule has 2 nitrogen and oxygen atoms in total. The first-order chi connectivity index (χ1) is 17.2. The van der Waals surface area contributed by atoms with Gasteiger partial charge in [0.2, 0.25) is 5.91 Å².